The predicted octanol–water partition coefficient (Wildman–Crippen LogP) is -2.00. The number of nitrogens with zero attached hydrogens (tertiary/aromatic N) is 2. The van der Waals surface area contributed by atoms with Crippen molar-refractivity contribution in [2.75, 3.05) is 18.0 Å². The van der Waals surface area contributed by atoms with E-state index < -0.39 is 11.2 Å². The largest absolute Gasteiger partial charge is 0.347 e. The molecule has 1 fully saturated rings. The van der Waals surface area contributed by atoms with E-state index >= 15 is 0 Å². The van der Waals surface area contributed by atoms with E-state index in [1.54, 1.807) is 4.90 Å². The molecule has 0 amide bonds. The van der Waals surface area contributed by atoms with Gasteiger partial charge in [0.05, 0.1) is 0 Å². The van der Waals surface area contributed by atoms with E-state index in [0.717, 1.165) is 0 Å². The molecule has 0 spiro atoms. The Morgan fingerprint density at radius 2 is 2.14 bits per heavy atom. The zero-order valence-corrected chi connectivity index (χ0v) is 7.70. The van der Waals surface area contributed by atoms with Gasteiger partial charge in [0.1, 0.15) is 0 Å². The lowest BCUT2D eigenvalue weighted by atomic mass is 9.94. The molecule has 0 unspecified atom stereocenters. The van der Waals surface area contributed by atoms with E-state index in [-0.39, 0.29) is 11.4 Å². The Balaban J connectivity index is 2.28. The van der Waals surface area contributed by atoms with Crippen LogP contribution in [0.25, 0.3) is 0 Å². The van der Waals surface area contributed by atoms with Gasteiger partial charge >= 0.3 is 5.69 Å². The molecule has 1 aliphatic rings. The van der Waals surface area contributed by atoms with Gasteiger partial charge in [0.2, 0.25) is 5.82 Å². The monoisotopic (exact) mass is 197 g/mol. The fourth-order valence-electron chi connectivity index (χ4n) is 1.53. The highest BCUT2D eigenvalue weighted by Crippen LogP contribution is 2.19. The number of rotatable bonds is 1. The minimum Gasteiger partial charge on any atom is -0.347 e. The molecule has 2 heterocycles. The van der Waals surface area contributed by atoms with Crippen molar-refractivity contribution in [1.82, 2.24) is 15.2 Å². The van der Waals surface area contributed by atoms with Crippen molar-refractivity contribution in [1.29, 1.82) is 0 Å². The van der Waals surface area contributed by atoms with Crippen molar-refractivity contribution in [2.45, 2.75) is 12.5 Å². The number of H-pyrrole nitrogens is 2. The Morgan fingerprint density at radius 1 is 1.50 bits per heavy atom. The fourth-order valence-corrected chi connectivity index (χ4v) is 1.53. The molecule has 2 rings (SSSR count). The van der Waals surface area contributed by atoms with E-state index in [2.05, 4.69) is 15.2 Å². The predicted molar refractivity (Wildman–Crippen MR) is 50.3 cm³/mol. The van der Waals surface area contributed by atoms with Gasteiger partial charge in [-0.25, -0.2) is 9.89 Å². The summed E-state index contributed by atoms with van der Waals surface area (Å²) >= 11 is 0. The second kappa shape index (κ2) is 2.68. The summed E-state index contributed by atoms with van der Waals surface area (Å²) in [7, 11) is 0. The summed E-state index contributed by atoms with van der Waals surface area (Å²) in [6, 6.07) is 0. The molecule has 1 saturated heterocycles. The lowest BCUT2D eigenvalue weighted by Crippen LogP contribution is -2.66. The Morgan fingerprint density at radius 3 is 2.64 bits per heavy atom. The number of aromatic amines is 2. The molecule has 0 saturated carbocycles. The Kier molecular flexibility index (Phi) is 1.71. The molecule has 1 aromatic rings. The van der Waals surface area contributed by atoms with Crippen molar-refractivity contribution < 1.29 is 0 Å². The van der Waals surface area contributed by atoms with Crippen LogP contribution in [0.2, 0.25) is 0 Å². The van der Waals surface area contributed by atoms with Gasteiger partial charge in [-0.2, -0.15) is 0 Å². The van der Waals surface area contributed by atoms with Gasteiger partial charge in [-0.3, -0.25) is 9.78 Å². The lowest BCUT2D eigenvalue weighted by Gasteiger charge is -2.45. The van der Waals surface area contributed by atoms with Crippen LogP contribution >= 0.6 is 0 Å². The average Bonchev–Trinajstić information content (AvgIpc) is 2.00. The second-order valence-corrected chi connectivity index (χ2v) is 3.84. The Hall–Kier alpha value is -1.63. The highest BCUT2D eigenvalue weighted by atomic mass is 16.2. The molecule has 7 heteroatoms. The first-order valence-electron chi connectivity index (χ1n) is 4.21. The number of hydrogen-bond donors (Lipinski definition) is 3. The number of nitrogens with one attached hydrogen (secondary N) is 2. The highest BCUT2D eigenvalue weighted by Gasteiger charge is 2.36. The molecule has 14 heavy (non-hydrogen) atoms. The smallest absolute Gasteiger partial charge is 0.342 e. The summed E-state index contributed by atoms with van der Waals surface area (Å²) in [5.74, 6) is 0.215. The van der Waals surface area contributed by atoms with Crippen LogP contribution in [0.1, 0.15) is 6.92 Å². The van der Waals surface area contributed by atoms with E-state index in [9.17, 15) is 9.59 Å². The van der Waals surface area contributed by atoms with E-state index in [4.69, 9.17) is 5.73 Å². The van der Waals surface area contributed by atoms with Gasteiger partial charge in [-0.15, -0.1) is 5.10 Å². The van der Waals surface area contributed by atoms with Crippen LogP contribution in [-0.4, -0.2) is 33.8 Å². The normalized spacial score (nSPS) is 19.1. The molecular weight excluding hydrogens is 186 g/mol. The molecule has 1 aliphatic heterocycles. The molecule has 0 aromatic carbocycles. The SMILES string of the molecule is CC1(N)CN(c2n[nH]c(=O)[nH]c2=O)C1. The Labute approximate surface area is 78.9 Å². The van der Waals surface area contributed by atoms with Gasteiger partial charge < -0.3 is 10.6 Å². The third-order valence-electron chi connectivity index (χ3n) is 2.10. The second-order valence-electron chi connectivity index (χ2n) is 3.84. The molecule has 0 aliphatic carbocycles. The first-order valence-corrected chi connectivity index (χ1v) is 4.21. The van der Waals surface area contributed by atoms with Crippen molar-refractivity contribution in [3.05, 3.63) is 20.8 Å². The summed E-state index contributed by atoms with van der Waals surface area (Å²) in [6.07, 6.45) is 0. The van der Waals surface area contributed by atoms with E-state index in [1.165, 1.54) is 0 Å². The van der Waals surface area contributed by atoms with Gasteiger partial charge in [0, 0.05) is 18.6 Å². The van der Waals surface area contributed by atoms with Crippen LogP contribution in [0.5, 0.6) is 0 Å². The molecule has 0 atom stereocenters. The zero-order valence-electron chi connectivity index (χ0n) is 7.70. The minimum atomic E-state index is -0.602. The topological polar surface area (TPSA) is 108 Å². The molecule has 1 aromatic heterocycles. The summed E-state index contributed by atoms with van der Waals surface area (Å²) in [6.45, 7) is 3.02. The van der Waals surface area contributed by atoms with Crippen molar-refractivity contribution in [3.63, 3.8) is 0 Å². The summed E-state index contributed by atoms with van der Waals surface area (Å²) in [4.78, 5) is 25.8. The first-order chi connectivity index (χ1) is 6.48. The van der Waals surface area contributed by atoms with Crippen LogP contribution in [-0.2, 0) is 0 Å². The van der Waals surface area contributed by atoms with Gasteiger partial charge in [0.25, 0.3) is 5.56 Å². The third kappa shape index (κ3) is 1.41. The van der Waals surface area contributed by atoms with Crippen molar-refractivity contribution in [2.24, 2.45) is 5.73 Å². The summed E-state index contributed by atoms with van der Waals surface area (Å²) in [5.41, 5.74) is 4.42. The summed E-state index contributed by atoms with van der Waals surface area (Å²) in [5, 5.41) is 5.83. The number of anilines is 1. The average molecular weight is 197 g/mol. The maximum atomic E-state index is 11.3. The molecule has 0 bridgehead atoms. The third-order valence-corrected chi connectivity index (χ3v) is 2.10. The number of aromatic nitrogens is 3. The maximum Gasteiger partial charge on any atom is 0.342 e. The molecule has 7 nitrogen and oxygen atoms in total. The molecule has 0 radical (unpaired) electrons. The van der Waals surface area contributed by atoms with Gasteiger partial charge in [-0.05, 0) is 6.92 Å². The van der Waals surface area contributed by atoms with Crippen LogP contribution < -0.4 is 21.9 Å². The lowest BCUT2D eigenvalue weighted by molar-refractivity contribution is 0.360. The van der Waals surface area contributed by atoms with Gasteiger partial charge in [-0.1, -0.05) is 0 Å². The quantitative estimate of drug-likeness (QED) is 0.482. The highest BCUT2D eigenvalue weighted by molar-refractivity contribution is 5.40. The number of nitrogens with two attached hydrogens (primary N) is 1. The van der Waals surface area contributed by atoms with Crippen molar-refractivity contribution >= 4 is 5.82 Å². The van der Waals surface area contributed by atoms with E-state index in [0.29, 0.717) is 13.1 Å². The summed E-state index contributed by atoms with van der Waals surface area (Å²) < 4.78 is 0. The van der Waals surface area contributed by atoms with Crippen LogP contribution in [0.3, 0.4) is 0 Å². The minimum absolute atomic E-state index is 0.215. The van der Waals surface area contributed by atoms with Gasteiger partial charge in [0.15, 0.2) is 0 Å². The van der Waals surface area contributed by atoms with Crippen molar-refractivity contribution in [3.8, 4) is 0 Å². The molecule has 4 N–H and O–H groups in total. The van der Waals surface area contributed by atoms with Crippen LogP contribution in [0, 0.1) is 0 Å². The zero-order chi connectivity index (χ0) is 10.3. The standard InChI is InChI=1S/C7H11N5O2/c1-7(8)2-12(3-7)4-5(13)9-6(14)11-10-4/h2-3,8H2,1H3,(H2,9,11,13,14). The first kappa shape index (κ1) is 8.95. The fraction of sp³-hybridized carbons (Fsp3) is 0.571. The molecular formula is C7H11N5O2. The maximum absolute atomic E-state index is 11.3. The van der Waals surface area contributed by atoms with E-state index in [1.807, 2.05) is 6.92 Å². The molecule has 76 valence electrons. The van der Waals surface area contributed by atoms with Crippen LogP contribution in [0.15, 0.2) is 9.59 Å². The Bertz CT molecular complexity index is 452. The van der Waals surface area contributed by atoms with Crippen LogP contribution in [0.4, 0.5) is 5.82 Å². The number of hydrogen-bond acceptors (Lipinski definition) is 5.